The van der Waals surface area contributed by atoms with E-state index < -0.39 is 9.84 Å². The highest BCUT2D eigenvalue weighted by Gasteiger charge is 2.51. The maximum absolute atomic E-state index is 12.5. The first-order valence-electron chi connectivity index (χ1n) is 7.47. The number of hydrogen-bond donors (Lipinski definition) is 1. The molecule has 1 aliphatic carbocycles. The van der Waals surface area contributed by atoms with Crippen molar-refractivity contribution in [3.8, 4) is 0 Å². The SMILES string of the molecule is Cc1cccc(C2(C(=O)NCC3CCS(=O)(=O)C3)CC2)c1. The van der Waals surface area contributed by atoms with Crippen molar-refractivity contribution in [2.75, 3.05) is 18.1 Å². The van der Waals surface area contributed by atoms with Crippen LogP contribution in [0.25, 0.3) is 0 Å². The lowest BCUT2D eigenvalue weighted by molar-refractivity contribution is -0.123. The molecule has 1 heterocycles. The van der Waals surface area contributed by atoms with E-state index in [1.54, 1.807) is 0 Å². The summed E-state index contributed by atoms with van der Waals surface area (Å²) >= 11 is 0. The number of amides is 1. The molecule has 2 aliphatic rings. The van der Waals surface area contributed by atoms with Gasteiger partial charge in [-0.3, -0.25) is 4.79 Å². The molecule has 5 heteroatoms. The molecular formula is C16H21NO3S. The van der Waals surface area contributed by atoms with Crippen LogP contribution in [-0.4, -0.2) is 32.4 Å². The van der Waals surface area contributed by atoms with Gasteiger partial charge in [0.2, 0.25) is 5.91 Å². The van der Waals surface area contributed by atoms with Crippen molar-refractivity contribution in [3.63, 3.8) is 0 Å². The third kappa shape index (κ3) is 2.98. The quantitative estimate of drug-likeness (QED) is 0.918. The van der Waals surface area contributed by atoms with Crippen molar-refractivity contribution in [1.29, 1.82) is 0 Å². The predicted octanol–water partition coefficient (Wildman–Crippen LogP) is 1.58. The number of sulfone groups is 1. The Morgan fingerprint density at radius 3 is 2.71 bits per heavy atom. The van der Waals surface area contributed by atoms with Crippen molar-refractivity contribution in [1.82, 2.24) is 5.32 Å². The Balaban J connectivity index is 1.63. The molecule has 1 amide bonds. The van der Waals surface area contributed by atoms with Crippen LogP contribution in [0.4, 0.5) is 0 Å². The summed E-state index contributed by atoms with van der Waals surface area (Å²) in [5.41, 5.74) is 1.87. The first-order chi connectivity index (χ1) is 9.91. The zero-order chi connectivity index (χ0) is 15.1. The molecule has 3 rings (SSSR count). The molecule has 1 atom stereocenters. The van der Waals surface area contributed by atoms with Gasteiger partial charge in [-0.05, 0) is 37.7 Å². The van der Waals surface area contributed by atoms with Gasteiger partial charge in [-0.1, -0.05) is 29.8 Å². The molecule has 1 aliphatic heterocycles. The van der Waals surface area contributed by atoms with Crippen molar-refractivity contribution in [2.24, 2.45) is 5.92 Å². The molecule has 0 radical (unpaired) electrons. The van der Waals surface area contributed by atoms with E-state index in [9.17, 15) is 13.2 Å². The first kappa shape index (κ1) is 14.6. The Kier molecular flexibility index (Phi) is 3.56. The van der Waals surface area contributed by atoms with E-state index in [-0.39, 0.29) is 28.7 Å². The lowest BCUT2D eigenvalue weighted by Gasteiger charge is -2.18. The minimum absolute atomic E-state index is 0.0531. The molecule has 1 saturated carbocycles. The number of benzene rings is 1. The third-order valence-corrected chi connectivity index (χ3v) is 6.47. The van der Waals surface area contributed by atoms with Crippen molar-refractivity contribution < 1.29 is 13.2 Å². The number of rotatable bonds is 4. The fourth-order valence-corrected chi connectivity index (χ4v) is 5.02. The van der Waals surface area contributed by atoms with Crippen LogP contribution in [0, 0.1) is 12.8 Å². The van der Waals surface area contributed by atoms with Gasteiger partial charge < -0.3 is 5.32 Å². The lowest BCUT2D eigenvalue weighted by atomic mass is 9.93. The summed E-state index contributed by atoms with van der Waals surface area (Å²) < 4.78 is 22.9. The minimum atomic E-state index is -2.87. The average Bonchev–Trinajstić information content (AvgIpc) is 3.16. The summed E-state index contributed by atoms with van der Waals surface area (Å²) in [7, 11) is -2.87. The molecule has 21 heavy (non-hydrogen) atoms. The Labute approximate surface area is 125 Å². The van der Waals surface area contributed by atoms with Gasteiger partial charge in [-0.25, -0.2) is 8.42 Å². The maximum atomic E-state index is 12.5. The number of aryl methyl sites for hydroxylation is 1. The summed E-state index contributed by atoms with van der Waals surface area (Å²) in [6, 6.07) is 8.11. The molecule has 114 valence electrons. The fraction of sp³-hybridized carbons (Fsp3) is 0.562. The fourth-order valence-electron chi connectivity index (χ4n) is 3.15. The van der Waals surface area contributed by atoms with Gasteiger partial charge in [0.15, 0.2) is 9.84 Å². The van der Waals surface area contributed by atoms with Crippen LogP contribution in [-0.2, 0) is 20.0 Å². The standard InChI is InChI=1S/C16H21NO3S/c1-12-3-2-4-14(9-12)16(6-7-16)15(18)17-10-13-5-8-21(19,20)11-13/h2-4,9,13H,5-8,10-11H2,1H3,(H,17,18). The highest BCUT2D eigenvalue weighted by Crippen LogP contribution is 2.48. The number of carbonyl (C=O) groups excluding carboxylic acids is 1. The summed E-state index contributed by atoms with van der Waals surface area (Å²) in [5, 5.41) is 2.98. The molecule has 0 spiro atoms. The zero-order valence-electron chi connectivity index (χ0n) is 12.3. The summed E-state index contributed by atoms with van der Waals surface area (Å²) in [6.45, 7) is 2.51. The molecule has 2 fully saturated rings. The largest absolute Gasteiger partial charge is 0.355 e. The van der Waals surface area contributed by atoms with Gasteiger partial charge in [0.25, 0.3) is 0 Å². The van der Waals surface area contributed by atoms with Crippen LogP contribution in [0.2, 0.25) is 0 Å². The van der Waals surface area contributed by atoms with Crippen LogP contribution >= 0.6 is 0 Å². The van der Waals surface area contributed by atoms with E-state index in [4.69, 9.17) is 0 Å². The number of nitrogens with one attached hydrogen (secondary N) is 1. The molecule has 0 bridgehead atoms. The molecule has 4 nitrogen and oxygen atoms in total. The van der Waals surface area contributed by atoms with E-state index in [0.717, 1.165) is 24.0 Å². The van der Waals surface area contributed by atoms with Gasteiger partial charge in [0, 0.05) is 6.54 Å². The van der Waals surface area contributed by atoms with Crippen molar-refractivity contribution >= 4 is 15.7 Å². The maximum Gasteiger partial charge on any atom is 0.230 e. The van der Waals surface area contributed by atoms with Gasteiger partial charge in [-0.2, -0.15) is 0 Å². The Bertz CT molecular complexity index is 662. The van der Waals surface area contributed by atoms with Gasteiger partial charge in [-0.15, -0.1) is 0 Å². The molecule has 1 saturated heterocycles. The zero-order valence-corrected chi connectivity index (χ0v) is 13.1. The van der Waals surface area contributed by atoms with Crippen LogP contribution in [0.15, 0.2) is 24.3 Å². The van der Waals surface area contributed by atoms with Crippen LogP contribution < -0.4 is 5.32 Å². The lowest BCUT2D eigenvalue weighted by Crippen LogP contribution is -2.38. The van der Waals surface area contributed by atoms with Crippen LogP contribution in [0.1, 0.15) is 30.4 Å². The van der Waals surface area contributed by atoms with Gasteiger partial charge >= 0.3 is 0 Å². The Morgan fingerprint density at radius 2 is 2.14 bits per heavy atom. The topological polar surface area (TPSA) is 63.2 Å². The first-order valence-corrected chi connectivity index (χ1v) is 9.29. The molecule has 0 aromatic heterocycles. The normalized spacial score (nSPS) is 25.5. The molecule has 1 N–H and O–H groups in total. The van der Waals surface area contributed by atoms with Gasteiger partial charge in [0.05, 0.1) is 16.9 Å². The van der Waals surface area contributed by atoms with E-state index >= 15 is 0 Å². The van der Waals surface area contributed by atoms with E-state index in [1.165, 1.54) is 0 Å². The molecular weight excluding hydrogens is 286 g/mol. The van der Waals surface area contributed by atoms with E-state index in [0.29, 0.717) is 13.0 Å². The Hall–Kier alpha value is -1.36. The van der Waals surface area contributed by atoms with Crippen LogP contribution in [0.5, 0.6) is 0 Å². The third-order valence-electron chi connectivity index (χ3n) is 4.63. The second kappa shape index (κ2) is 5.13. The summed E-state index contributed by atoms with van der Waals surface area (Å²) in [6.07, 6.45) is 2.43. The average molecular weight is 307 g/mol. The summed E-state index contributed by atoms with van der Waals surface area (Å²) in [4.78, 5) is 12.5. The van der Waals surface area contributed by atoms with E-state index in [1.807, 2.05) is 25.1 Å². The van der Waals surface area contributed by atoms with Gasteiger partial charge in [0.1, 0.15) is 0 Å². The second-order valence-electron chi connectivity index (χ2n) is 6.43. The van der Waals surface area contributed by atoms with Crippen molar-refractivity contribution in [3.05, 3.63) is 35.4 Å². The number of hydrogen-bond acceptors (Lipinski definition) is 3. The second-order valence-corrected chi connectivity index (χ2v) is 8.66. The Morgan fingerprint density at radius 1 is 1.38 bits per heavy atom. The predicted molar refractivity (Wildman–Crippen MR) is 81.9 cm³/mol. The molecule has 1 aromatic rings. The van der Waals surface area contributed by atoms with Crippen LogP contribution in [0.3, 0.4) is 0 Å². The van der Waals surface area contributed by atoms with Crippen molar-refractivity contribution in [2.45, 2.75) is 31.6 Å². The highest BCUT2D eigenvalue weighted by molar-refractivity contribution is 7.91. The van der Waals surface area contributed by atoms with E-state index in [2.05, 4.69) is 11.4 Å². The summed E-state index contributed by atoms with van der Waals surface area (Å²) in [5.74, 6) is 0.603. The monoisotopic (exact) mass is 307 g/mol. The smallest absolute Gasteiger partial charge is 0.230 e. The molecule has 1 unspecified atom stereocenters. The number of carbonyl (C=O) groups is 1. The molecule has 1 aromatic carbocycles. The minimum Gasteiger partial charge on any atom is -0.355 e. The highest BCUT2D eigenvalue weighted by atomic mass is 32.2.